The first kappa shape index (κ1) is 37.9. The van der Waals surface area contributed by atoms with Gasteiger partial charge in [0.05, 0.1) is 38.1 Å². The zero-order valence-electron chi connectivity index (χ0n) is 28.2. The van der Waals surface area contributed by atoms with Crippen LogP contribution < -0.4 is 4.90 Å². The minimum Gasteiger partial charge on any atom is -0.434 e. The molecule has 0 spiro atoms. The maximum atomic E-state index is 15.3. The summed E-state index contributed by atoms with van der Waals surface area (Å²) in [5.74, 6) is -1.78. The Morgan fingerprint density at radius 2 is 1.77 bits per heavy atom. The average Bonchev–Trinajstić information content (AvgIpc) is 3.91. The lowest BCUT2D eigenvalue weighted by atomic mass is 9.85. The molecule has 18 heteroatoms. The minimum absolute atomic E-state index is 0. The highest BCUT2D eigenvalue weighted by Crippen LogP contribution is 2.35. The molecular formula is C34H38ClF2N9O6. The third-order valence-electron chi connectivity index (χ3n) is 8.63. The number of carbonyl (C=O) groups excluding carboxylic acids is 2. The van der Waals surface area contributed by atoms with Crippen molar-refractivity contribution >= 4 is 36.6 Å². The molecule has 1 N–H and O–H groups in total. The van der Waals surface area contributed by atoms with E-state index in [2.05, 4.69) is 20.6 Å². The second-order valence-corrected chi connectivity index (χ2v) is 12.0. The monoisotopic (exact) mass is 741 g/mol. The Kier molecular flexibility index (Phi) is 12.5. The summed E-state index contributed by atoms with van der Waals surface area (Å²) < 4.78 is 46.6. The largest absolute Gasteiger partial charge is 0.510 e. The molecule has 2 aliphatic rings. The van der Waals surface area contributed by atoms with Gasteiger partial charge in [-0.1, -0.05) is 36.4 Å². The number of amides is 2. The van der Waals surface area contributed by atoms with E-state index in [1.807, 2.05) is 30.3 Å². The average molecular weight is 742 g/mol. The molecule has 15 nitrogen and oxygen atoms in total. The van der Waals surface area contributed by atoms with E-state index in [-0.39, 0.29) is 51.1 Å². The summed E-state index contributed by atoms with van der Waals surface area (Å²) in [4.78, 5) is 30.4. The smallest absolute Gasteiger partial charge is 0.434 e. The van der Waals surface area contributed by atoms with Crippen LogP contribution in [0.25, 0.3) is 5.69 Å². The fourth-order valence-corrected chi connectivity index (χ4v) is 5.89. The van der Waals surface area contributed by atoms with Crippen molar-refractivity contribution in [3.05, 3.63) is 102 Å². The first-order chi connectivity index (χ1) is 24.7. The van der Waals surface area contributed by atoms with Crippen molar-refractivity contribution in [2.75, 3.05) is 51.1 Å². The van der Waals surface area contributed by atoms with Gasteiger partial charge in [0.25, 0.3) is 0 Å². The number of anilines is 1. The SMILES string of the molecule is C[C@@H](N1CCN(c2ccc(-n3cnnn3)cc2)C1=O)[C@](O)(CN1CN(COC(=O)OCCCOCc2ccccc2)C=N1)c1ccc(F)cc1F.Cl. The Labute approximate surface area is 304 Å². The van der Waals surface area contributed by atoms with Crippen molar-refractivity contribution in [3.8, 4) is 5.69 Å². The van der Waals surface area contributed by atoms with Crippen LogP contribution in [0.15, 0.2) is 84.2 Å². The molecule has 1 aromatic heterocycles. The van der Waals surface area contributed by atoms with Gasteiger partial charge in [0.15, 0.2) is 6.73 Å². The fraction of sp³-hybridized carbons (Fsp3) is 0.353. The molecule has 1 saturated heterocycles. The predicted octanol–water partition coefficient (Wildman–Crippen LogP) is 4.12. The number of hydrazone groups is 1. The molecule has 4 aromatic rings. The number of aromatic nitrogens is 4. The normalized spacial score (nSPS) is 15.8. The third-order valence-corrected chi connectivity index (χ3v) is 8.63. The second-order valence-electron chi connectivity index (χ2n) is 12.0. The topological polar surface area (TPSA) is 151 Å². The van der Waals surface area contributed by atoms with Crippen LogP contribution in [0.2, 0.25) is 0 Å². The van der Waals surface area contributed by atoms with Crippen LogP contribution in [0.5, 0.6) is 0 Å². The lowest BCUT2D eigenvalue weighted by molar-refractivity contribution is -0.0602. The number of aliphatic hydroxyl groups is 1. The summed E-state index contributed by atoms with van der Waals surface area (Å²) in [5, 5.41) is 29.1. The number of tetrazole rings is 1. The molecule has 0 saturated carbocycles. The maximum Gasteiger partial charge on any atom is 0.510 e. The maximum absolute atomic E-state index is 15.3. The van der Waals surface area contributed by atoms with Gasteiger partial charge in [0.2, 0.25) is 0 Å². The van der Waals surface area contributed by atoms with E-state index in [0.717, 1.165) is 11.6 Å². The zero-order chi connectivity index (χ0) is 35.8. The molecule has 0 radical (unpaired) electrons. The number of benzene rings is 3. The zero-order valence-corrected chi connectivity index (χ0v) is 29.0. The van der Waals surface area contributed by atoms with Crippen LogP contribution in [-0.4, -0.2) is 111 Å². The fourth-order valence-electron chi connectivity index (χ4n) is 5.89. The Hall–Kier alpha value is -5.39. The first-order valence-electron chi connectivity index (χ1n) is 16.2. The number of nitrogens with zero attached hydrogens (tertiary/aromatic N) is 9. The van der Waals surface area contributed by atoms with Crippen LogP contribution in [-0.2, 0) is 26.4 Å². The molecule has 0 aliphatic carbocycles. The standard InChI is InChI=1S/C34H37F2N9O6.ClH/c1-25(43-14-15-44(32(43)46)28-9-11-29(12-10-28)45-21-37-39-40-45)34(48,30-13-8-27(35)18-31(30)36)20-42-23-41(22-38-42)24-51-33(47)50-17-5-16-49-19-26-6-3-2-4-7-26;/h2-4,6-13,18,21-22,25,48H,5,14-17,19-20,23-24H2,1H3;1H/t25-,34-;/m1./s1. The highest BCUT2D eigenvalue weighted by molar-refractivity contribution is 5.94. The number of ether oxygens (including phenoxy) is 3. The lowest BCUT2D eigenvalue weighted by Crippen LogP contribution is -2.55. The summed E-state index contributed by atoms with van der Waals surface area (Å²) in [6.07, 6.45) is 2.47. The molecule has 1 fully saturated rings. The Balaban J connectivity index is 0.00000523. The summed E-state index contributed by atoms with van der Waals surface area (Å²) in [5.41, 5.74) is 0.118. The number of halogens is 3. The van der Waals surface area contributed by atoms with Gasteiger partial charge in [-0.05, 0) is 53.2 Å². The Morgan fingerprint density at radius 1 is 1.00 bits per heavy atom. The number of hydrogen-bond acceptors (Lipinski definition) is 12. The van der Waals surface area contributed by atoms with Gasteiger partial charge in [-0.15, -0.1) is 17.5 Å². The molecule has 2 aliphatic heterocycles. The van der Waals surface area contributed by atoms with Crippen molar-refractivity contribution in [2.45, 2.75) is 31.6 Å². The predicted molar refractivity (Wildman–Crippen MR) is 185 cm³/mol. The summed E-state index contributed by atoms with van der Waals surface area (Å²) in [7, 11) is 0. The van der Waals surface area contributed by atoms with Gasteiger partial charge in [-0.3, -0.25) is 9.91 Å². The Bertz CT molecular complexity index is 1810. The number of urea groups is 1. The van der Waals surface area contributed by atoms with E-state index in [1.165, 1.54) is 38.2 Å². The molecule has 0 unspecified atom stereocenters. The van der Waals surface area contributed by atoms with Gasteiger partial charge in [0.1, 0.15) is 36.6 Å². The summed E-state index contributed by atoms with van der Waals surface area (Å²) in [6, 6.07) is 18.3. The third kappa shape index (κ3) is 8.90. The van der Waals surface area contributed by atoms with E-state index >= 15 is 4.39 Å². The number of carbonyl (C=O) groups is 2. The minimum atomic E-state index is -2.04. The summed E-state index contributed by atoms with van der Waals surface area (Å²) >= 11 is 0. The Morgan fingerprint density at radius 3 is 2.50 bits per heavy atom. The van der Waals surface area contributed by atoms with Crippen LogP contribution in [0.1, 0.15) is 24.5 Å². The molecule has 276 valence electrons. The van der Waals surface area contributed by atoms with Crippen LogP contribution in [0, 0.1) is 11.6 Å². The van der Waals surface area contributed by atoms with Gasteiger partial charge in [-0.2, -0.15) is 5.10 Å². The van der Waals surface area contributed by atoms with Gasteiger partial charge in [0, 0.05) is 36.8 Å². The van der Waals surface area contributed by atoms with E-state index < -0.39 is 35.5 Å². The molecular weight excluding hydrogens is 704 g/mol. The van der Waals surface area contributed by atoms with Crippen LogP contribution in [0.4, 0.5) is 24.1 Å². The second kappa shape index (κ2) is 17.2. The molecule has 3 aromatic carbocycles. The van der Waals surface area contributed by atoms with E-state index in [1.54, 1.807) is 36.1 Å². The van der Waals surface area contributed by atoms with E-state index in [4.69, 9.17) is 14.2 Å². The molecule has 6 rings (SSSR count). The first-order valence-corrected chi connectivity index (χ1v) is 16.2. The summed E-state index contributed by atoms with van der Waals surface area (Å²) in [6.45, 7) is 2.70. The lowest BCUT2D eigenvalue weighted by Gasteiger charge is -2.41. The van der Waals surface area contributed by atoms with Gasteiger partial charge < -0.3 is 29.1 Å². The molecule has 2 atom stereocenters. The molecule has 52 heavy (non-hydrogen) atoms. The van der Waals surface area contributed by atoms with Gasteiger partial charge >= 0.3 is 12.2 Å². The number of β-amino-alcohol motifs (C(OH)–C–C–N with tert-alkyl or cyclic N) is 1. The van der Waals surface area contributed by atoms with Gasteiger partial charge in [-0.25, -0.2) is 23.1 Å². The van der Waals surface area contributed by atoms with Crippen molar-refractivity contribution < 1.29 is 37.7 Å². The number of hydrogen-bond donors (Lipinski definition) is 1. The van der Waals surface area contributed by atoms with E-state index in [9.17, 15) is 19.1 Å². The molecule has 3 heterocycles. The highest BCUT2D eigenvalue weighted by Gasteiger charge is 2.47. The van der Waals surface area contributed by atoms with Crippen molar-refractivity contribution in [2.24, 2.45) is 5.10 Å². The van der Waals surface area contributed by atoms with E-state index in [0.29, 0.717) is 43.6 Å². The van der Waals surface area contributed by atoms with Crippen molar-refractivity contribution in [3.63, 3.8) is 0 Å². The molecule has 2 amide bonds. The highest BCUT2D eigenvalue weighted by atomic mass is 35.5. The number of rotatable bonds is 15. The van der Waals surface area contributed by atoms with Crippen LogP contribution in [0.3, 0.4) is 0 Å². The van der Waals surface area contributed by atoms with Crippen molar-refractivity contribution in [1.29, 1.82) is 0 Å². The van der Waals surface area contributed by atoms with Crippen LogP contribution >= 0.6 is 12.4 Å². The quantitative estimate of drug-likeness (QED) is 0.139. The molecule has 0 bridgehead atoms. The van der Waals surface area contributed by atoms with Crippen molar-refractivity contribution in [1.82, 2.24) is 35.0 Å².